The molecule has 0 saturated carbocycles. The fraction of sp³-hybridized carbons (Fsp3) is 0. The quantitative estimate of drug-likeness (QED) is 0.491. The molecule has 2 aromatic carbocycles. The van der Waals surface area contributed by atoms with Crippen molar-refractivity contribution in [2.24, 2.45) is 0 Å². The van der Waals surface area contributed by atoms with Crippen molar-refractivity contribution in [1.82, 2.24) is 0 Å². The molecule has 4 nitrogen and oxygen atoms in total. The fourth-order valence-corrected chi connectivity index (χ4v) is 1.05. The van der Waals surface area contributed by atoms with Crippen molar-refractivity contribution in [2.45, 2.75) is 0 Å². The molecule has 0 bridgehead atoms. The highest BCUT2D eigenvalue weighted by Crippen LogP contribution is 2.06. The molecule has 0 saturated heterocycles. The van der Waals surface area contributed by atoms with Crippen LogP contribution in [0.25, 0.3) is 0 Å². The minimum atomic E-state index is -0.417. The van der Waals surface area contributed by atoms with E-state index in [1.165, 1.54) is 17.7 Å². The van der Waals surface area contributed by atoms with Crippen LogP contribution in [0.5, 0.6) is 0 Å². The Morgan fingerprint density at radius 1 is 0.941 bits per heavy atom. The predicted molar refractivity (Wildman–Crippen MR) is 64.3 cm³/mol. The van der Waals surface area contributed by atoms with Crippen LogP contribution in [0.3, 0.4) is 0 Å². The van der Waals surface area contributed by atoms with Gasteiger partial charge in [0.1, 0.15) is 0 Å². The molecule has 88 valence electrons. The van der Waals surface area contributed by atoms with E-state index < -0.39 is 4.92 Å². The summed E-state index contributed by atoms with van der Waals surface area (Å²) in [6, 6.07) is 16.6. The molecule has 0 aliphatic rings. The summed E-state index contributed by atoms with van der Waals surface area (Å²) in [6.45, 7) is 0. The van der Waals surface area contributed by atoms with Crippen LogP contribution in [-0.2, 0) is 0 Å². The van der Waals surface area contributed by atoms with Crippen LogP contribution in [0, 0.1) is 10.1 Å². The Bertz CT molecular complexity index is 449. The van der Waals surface area contributed by atoms with E-state index in [4.69, 9.17) is 0 Å². The van der Waals surface area contributed by atoms with Crippen LogP contribution in [0.2, 0.25) is 0 Å². The first-order valence-corrected chi connectivity index (χ1v) is 4.85. The molecule has 0 radical (unpaired) electrons. The van der Waals surface area contributed by atoms with Gasteiger partial charge in [0.15, 0.2) is 0 Å². The number of benzene rings is 2. The molecular formula is C12H11FN2O2. The SMILES string of the molecule is FNc1ccccc1.O=[N+]([O-])c1ccccc1. The number of non-ortho nitro benzene ring substituents is 1. The second kappa shape index (κ2) is 6.95. The Morgan fingerprint density at radius 3 is 1.71 bits per heavy atom. The van der Waals surface area contributed by atoms with Gasteiger partial charge in [0.05, 0.1) is 10.6 Å². The number of anilines is 1. The molecule has 0 aliphatic carbocycles. The summed E-state index contributed by atoms with van der Waals surface area (Å²) in [5.41, 5.74) is 2.16. The van der Waals surface area contributed by atoms with Crippen molar-refractivity contribution in [2.75, 3.05) is 5.54 Å². The lowest BCUT2D eigenvalue weighted by Gasteiger charge is -1.89. The summed E-state index contributed by atoms with van der Waals surface area (Å²) in [5.74, 6) is 0. The minimum absolute atomic E-state index is 0.137. The maximum atomic E-state index is 11.5. The van der Waals surface area contributed by atoms with E-state index in [0.717, 1.165) is 0 Å². The van der Waals surface area contributed by atoms with Gasteiger partial charge in [0.25, 0.3) is 5.69 Å². The topological polar surface area (TPSA) is 55.2 Å². The minimum Gasteiger partial charge on any atom is -0.258 e. The molecule has 0 amide bonds. The van der Waals surface area contributed by atoms with Crippen LogP contribution in [-0.4, -0.2) is 4.92 Å². The number of rotatable bonds is 2. The fourth-order valence-electron chi connectivity index (χ4n) is 1.05. The van der Waals surface area contributed by atoms with E-state index >= 15 is 0 Å². The Labute approximate surface area is 97.8 Å². The normalized spacial score (nSPS) is 8.76. The zero-order valence-electron chi connectivity index (χ0n) is 8.92. The number of hydrogen-bond acceptors (Lipinski definition) is 3. The molecule has 2 aromatic rings. The van der Waals surface area contributed by atoms with Gasteiger partial charge < -0.3 is 0 Å². The van der Waals surface area contributed by atoms with Crippen LogP contribution >= 0.6 is 0 Å². The molecule has 0 heterocycles. The Balaban J connectivity index is 0.000000171. The maximum Gasteiger partial charge on any atom is 0.269 e. The van der Waals surface area contributed by atoms with Crippen LogP contribution in [0.4, 0.5) is 15.9 Å². The molecule has 0 atom stereocenters. The molecule has 2 rings (SSSR count). The molecule has 0 spiro atoms. The van der Waals surface area contributed by atoms with E-state index in [0.29, 0.717) is 5.69 Å². The van der Waals surface area contributed by atoms with E-state index in [1.807, 2.05) is 6.07 Å². The van der Waals surface area contributed by atoms with Crippen LogP contribution in [0.15, 0.2) is 60.7 Å². The first-order valence-electron chi connectivity index (χ1n) is 4.85. The monoisotopic (exact) mass is 234 g/mol. The first-order chi connectivity index (χ1) is 8.24. The molecule has 0 aromatic heterocycles. The third-order valence-electron chi connectivity index (χ3n) is 1.85. The largest absolute Gasteiger partial charge is 0.269 e. The third kappa shape index (κ3) is 4.74. The lowest BCUT2D eigenvalue weighted by atomic mass is 10.3. The van der Waals surface area contributed by atoms with Crippen molar-refractivity contribution in [1.29, 1.82) is 0 Å². The second-order valence-electron chi connectivity index (χ2n) is 3.05. The van der Waals surface area contributed by atoms with E-state index in [-0.39, 0.29) is 5.69 Å². The van der Waals surface area contributed by atoms with Crippen molar-refractivity contribution in [3.8, 4) is 0 Å². The standard InChI is InChI=1S/C6H6FN.C6H5NO2/c7-8-6-4-2-1-3-5-6;8-7(9)6-4-2-1-3-5-6/h1-5,8H;1-5H. The number of halogens is 1. The Kier molecular flexibility index (Phi) is 5.16. The summed E-state index contributed by atoms with van der Waals surface area (Å²) in [5, 5.41) is 10.0. The summed E-state index contributed by atoms with van der Waals surface area (Å²) < 4.78 is 11.5. The molecule has 17 heavy (non-hydrogen) atoms. The molecule has 5 heteroatoms. The van der Waals surface area contributed by atoms with E-state index in [2.05, 4.69) is 0 Å². The number of para-hydroxylation sites is 2. The second-order valence-corrected chi connectivity index (χ2v) is 3.05. The number of nitro groups is 1. The lowest BCUT2D eigenvalue weighted by molar-refractivity contribution is -0.384. The van der Waals surface area contributed by atoms with Gasteiger partial charge in [-0.05, 0) is 12.1 Å². The predicted octanol–water partition coefficient (Wildman–Crippen LogP) is 3.58. The third-order valence-corrected chi connectivity index (χ3v) is 1.85. The molecule has 0 aliphatic heterocycles. The lowest BCUT2D eigenvalue weighted by Crippen LogP contribution is -1.84. The number of nitrogens with zero attached hydrogens (tertiary/aromatic N) is 1. The van der Waals surface area contributed by atoms with Gasteiger partial charge in [0, 0.05) is 12.1 Å². The number of nitro benzene ring substituents is 1. The van der Waals surface area contributed by atoms with Crippen LogP contribution < -0.4 is 5.54 Å². The van der Waals surface area contributed by atoms with Gasteiger partial charge in [-0.2, -0.15) is 0 Å². The molecule has 1 N–H and O–H groups in total. The van der Waals surface area contributed by atoms with Gasteiger partial charge in [-0.15, -0.1) is 4.48 Å². The van der Waals surface area contributed by atoms with Gasteiger partial charge in [-0.25, -0.2) is 5.54 Å². The van der Waals surface area contributed by atoms with Gasteiger partial charge >= 0.3 is 0 Å². The Morgan fingerprint density at radius 2 is 1.41 bits per heavy atom. The summed E-state index contributed by atoms with van der Waals surface area (Å²) >= 11 is 0. The van der Waals surface area contributed by atoms with Crippen molar-refractivity contribution < 1.29 is 9.40 Å². The summed E-state index contributed by atoms with van der Waals surface area (Å²) in [4.78, 5) is 9.59. The average Bonchev–Trinajstić information content (AvgIpc) is 2.41. The molecule has 0 unspecified atom stereocenters. The highest BCUT2D eigenvalue weighted by molar-refractivity contribution is 5.39. The highest BCUT2D eigenvalue weighted by atomic mass is 19.2. The average molecular weight is 234 g/mol. The zero-order chi connectivity index (χ0) is 12.5. The molecular weight excluding hydrogens is 223 g/mol. The maximum absolute atomic E-state index is 11.5. The van der Waals surface area contributed by atoms with Crippen molar-refractivity contribution in [3.63, 3.8) is 0 Å². The highest BCUT2D eigenvalue weighted by Gasteiger charge is 1.98. The van der Waals surface area contributed by atoms with Gasteiger partial charge in [-0.3, -0.25) is 10.1 Å². The first kappa shape index (κ1) is 12.6. The smallest absolute Gasteiger partial charge is 0.258 e. The summed E-state index contributed by atoms with van der Waals surface area (Å²) in [7, 11) is 0. The number of nitrogens with one attached hydrogen (secondary N) is 1. The van der Waals surface area contributed by atoms with E-state index in [9.17, 15) is 14.6 Å². The van der Waals surface area contributed by atoms with Crippen LogP contribution in [0.1, 0.15) is 0 Å². The Hall–Kier alpha value is -2.43. The van der Waals surface area contributed by atoms with Gasteiger partial charge in [-0.1, -0.05) is 36.4 Å². The number of hydrogen-bond donors (Lipinski definition) is 1. The summed E-state index contributed by atoms with van der Waals surface area (Å²) in [6.07, 6.45) is 0. The van der Waals surface area contributed by atoms with Crippen molar-refractivity contribution >= 4 is 11.4 Å². The van der Waals surface area contributed by atoms with E-state index in [1.54, 1.807) is 42.5 Å². The molecule has 0 fully saturated rings. The van der Waals surface area contributed by atoms with Gasteiger partial charge in [0.2, 0.25) is 0 Å². The zero-order valence-corrected chi connectivity index (χ0v) is 8.92. The van der Waals surface area contributed by atoms with Crippen molar-refractivity contribution in [3.05, 3.63) is 70.8 Å².